The third kappa shape index (κ3) is 8.93. The van der Waals surface area contributed by atoms with Gasteiger partial charge in [-0.1, -0.05) is 60.7 Å². The van der Waals surface area contributed by atoms with E-state index < -0.39 is 62.3 Å². The molecule has 18 heteroatoms. The van der Waals surface area contributed by atoms with E-state index in [2.05, 4.69) is 25.1 Å². The van der Waals surface area contributed by atoms with Crippen LogP contribution in [-0.2, 0) is 45.7 Å². The first-order valence-corrected chi connectivity index (χ1v) is 18.3. The minimum absolute atomic E-state index is 0.0494. The lowest BCUT2D eigenvalue weighted by Gasteiger charge is -2.30. The quantitative estimate of drug-likeness (QED) is 0.0770. The van der Waals surface area contributed by atoms with Gasteiger partial charge in [0, 0.05) is 0 Å². The maximum Gasteiger partial charge on any atom is 0.342 e. The number of carbonyl (C=O) groups is 2. The number of aliphatic hydroxyl groups excluding tert-OH is 1. The molecule has 17 nitrogen and oxygen atoms in total. The second-order valence-corrected chi connectivity index (χ2v) is 14.1. The Morgan fingerprint density at radius 2 is 1.52 bits per heavy atom. The van der Waals surface area contributed by atoms with E-state index in [1.807, 2.05) is 12.1 Å². The standard InChI is InChI=1S/C34H44N7O10P/c1-5-48-30(43)23(17-21-13-9-7-10-14-21)39-52(46,40-24(31(44)49-6-2)18-22-15-11-8-12-16-22)50-19-25-27(42)34(3,45)32(51-25)41-20-36-26-28(41)37-33(35)38-29(26)47-4/h7-16,20,23-25,27,32,42,45H,5-6,17-19H2,1-4H3,(H2,35,37,38)(H2,39,40,46)/t23-,24-,25+,27+,32+,34+/m0/s1. The van der Waals surface area contributed by atoms with Crippen LogP contribution in [0.5, 0.6) is 5.88 Å². The number of benzene rings is 2. The Labute approximate surface area is 300 Å². The number of aliphatic hydroxyl groups is 2. The number of nitrogens with one attached hydrogen (secondary N) is 2. The van der Waals surface area contributed by atoms with E-state index in [-0.39, 0.29) is 49.0 Å². The summed E-state index contributed by atoms with van der Waals surface area (Å²) in [4.78, 5) is 39.1. The predicted molar refractivity (Wildman–Crippen MR) is 188 cm³/mol. The number of fused-ring (bicyclic) bond motifs is 1. The molecule has 0 radical (unpaired) electrons. The van der Waals surface area contributed by atoms with Crippen LogP contribution in [0.1, 0.15) is 38.1 Å². The lowest BCUT2D eigenvalue weighted by atomic mass is 9.96. The van der Waals surface area contributed by atoms with E-state index in [0.717, 1.165) is 11.1 Å². The molecule has 5 rings (SSSR count). The highest BCUT2D eigenvalue weighted by Gasteiger charge is 2.54. The number of carbonyl (C=O) groups excluding carboxylic acids is 2. The first-order valence-electron chi connectivity index (χ1n) is 16.7. The molecule has 1 aliphatic rings. The van der Waals surface area contributed by atoms with Crippen LogP contribution in [-0.4, -0.2) is 98.5 Å². The summed E-state index contributed by atoms with van der Waals surface area (Å²) in [5, 5.41) is 28.5. The highest BCUT2D eigenvalue weighted by atomic mass is 31.2. The molecule has 280 valence electrons. The molecule has 0 amide bonds. The van der Waals surface area contributed by atoms with E-state index in [4.69, 9.17) is 29.2 Å². The molecule has 0 aliphatic carbocycles. The van der Waals surface area contributed by atoms with Crippen molar-refractivity contribution in [2.45, 2.75) is 69.7 Å². The van der Waals surface area contributed by atoms with Gasteiger partial charge in [0.1, 0.15) is 29.9 Å². The first-order chi connectivity index (χ1) is 24.9. The third-order valence-electron chi connectivity index (χ3n) is 8.39. The Hall–Kier alpha value is -4.48. The van der Waals surface area contributed by atoms with Gasteiger partial charge in [0.2, 0.25) is 11.8 Å². The van der Waals surface area contributed by atoms with Crippen molar-refractivity contribution in [1.29, 1.82) is 0 Å². The Bertz CT molecular complexity index is 1790. The molecule has 0 saturated carbocycles. The fourth-order valence-electron chi connectivity index (χ4n) is 5.85. The fourth-order valence-corrected chi connectivity index (χ4v) is 7.64. The molecule has 2 aromatic heterocycles. The Morgan fingerprint density at radius 1 is 0.981 bits per heavy atom. The molecular weight excluding hydrogens is 697 g/mol. The molecule has 1 fully saturated rings. The van der Waals surface area contributed by atoms with Gasteiger partial charge in [0.05, 0.1) is 33.3 Å². The van der Waals surface area contributed by atoms with Crippen LogP contribution in [0.3, 0.4) is 0 Å². The van der Waals surface area contributed by atoms with Gasteiger partial charge in [0.25, 0.3) is 0 Å². The number of ether oxygens (including phenoxy) is 4. The van der Waals surface area contributed by atoms with Crippen LogP contribution in [0, 0.1) is 0 Å². The smallest absolute Gasteiger partial charge is 0.342 e. The molecule has 1 saturated heterocycles. The number of anilines is 1. The molecule has 52 heavy (non-hydrogen) atoms. The topological polar surface area (TPSA) is 232 Å². The number of aromatic nitrogens is 4. The van der Waals surface area contributed by atoms with Gasteiger partial charge in [-0.05, 0) is 44.7 Å². The zero-order valence-corrected chi connectivity index (χ0v) is 30.1. The summed E-state index contributed by atoms with van der Waals surface area (Å²) in [6, 6.07) is 15.6. The SMILES string of the molecule is CCOC(=O)[C@H](Cc1ccccc1)NP(=O)(N[C@@H](Cc1ccccc1)C(=O)OCC)OC[C@H]1O[C@@H](n2cnc3c(OC)nc(N)nc32)[C@](C)(O)[C@@H]1O. The predicted octanol–water partition coefficient (Wildman–Crippen LogP) is 2.08. The molecular formula is C34H44N7O10P. The Morgan fingerprint density at radius 3 is 2.02 bits per heavy atom. The highest BCUT2D eigenvalue weighted by molar-refractivity contribution is 7.54. The number of nitrogens with zero attached hydrogens (tertiary/aromatic N) is 4. The van der Waals surface area contributed by atoms with E-state index >= 15 is 0 Å². The normalized spacial score (nSPS) is 21.5. The van der Waals surface area contributed by atoms with Crippen LogP contribution in [0.15, 0.2) is 67.0 Å². The maximum atomic E-state index is 14.9. The third-order valence-corrected chi connectivity index (χ3v) is 10.2. The summed E-state index contributed by atoms with van der Waals surface area (Å²) in [7, 11) is -3.08. The van der Waals surface area contributed by atoms with Gasteiger partial charge in [0.15, 0.2) is 17.4 Å². The van der Waals surface area contributed by atoms with Gasteiger partial charge < -0.3 is 39.4 Å². The fraction of sp³-hybridized carbons (Fsp3) is 0.441. The van der Waals surface area contributed by atoms with Crippen molar-refractivity contribution in [2.75, 3.05) is 32.7 Å². The van der Waals surface area contributed by atoms with Crippen molar-refractivity contribution in [1.82, 2.24) is 29.7 Å². The van der Waals surface area contributed by atoms with Crippen molar-refractivity contribution in [2.24, 2.45) is 0 Å². The first kappa shape index (κ1) is 38.7. The lowest BCUT2D eigenvalue weighted by molar-refractivity contribution is -0.145. The van der Waals surface area contributed by atoms with Crippen molar-refractivity contribution in [3.8, 4) is 5.88 Å². The molecule has 0 unspecified atom stereocenters. The van der Waals surface area contributed by atoms with Crippen molar-refractivity contribution < 1.29 is 47.8 Å². The van der Waals surface area contributed by atoms with Gasteiger partial charge in [-0.15, -0.1) is 0 Å². The zero-order valence-electron chi connectivity index (χ0n) is 29.2. The van der Waals surface area contributed by atoms with E-state index in [1.54, 1.807) is 62.4 Å². The summed E-state index contributed by atoms with van der Waals surface area (Å²) >= 11 is 0. The van der Waals surface area contributed by atoms with E-state index in [1.165, 1.54) is 24.9 Å². The van der Waals surface area contributed by atoms with Crippen molar-refractivity contribution in [3.05, 3.63) is 78.1 Å². The summed E-state index contributed by atoms with van der Waals surface area (Å²) in [5.74, 6) is -1.45. The number of hydrogen-bond acceptors (Lipinski definition) is 14. The Kier molecular flexibility index (Phi) is 12.6. The average Bonchev–Trinajstić information content (AvgIpc) is 3.64. The van der Waals surface area contributed by atoms with Gasteiger partial charge in [-0.25, -0.2) is 15.2 Å². The van der Waals surface area contributed by atoms with Crippen LogP contribution < -0.4 is 20.6 Å². The second kappa shape index (κ2) is 16.9. The van der Waals surface area contributed by atoms with Crippen molar-refractivity contribution in [3.63, 3.8) is 0 Å². The van der Waals surface area contributed by atoms with Gasteiger partial charge in [-0.2, -0.15) is 9.97 Å². The van der Waals surface area contributed by atoms with Crippen LogP contribution in [0.25, 0.3) is 11.2 Å². The summed E-state index contributed by atoms with van der Waals surface area (Å²) in [6.45, 7) is 4.15. The van der Waals surface area contributed by atoms with Crippen molar-refractivity contribution >= 4 is 36.7 Å². The van der Waals surface area contributed by atoms with E-state index in [0.29, 0.717) is 0 Å². The molecule has 3 heterocycles. The molecule has 2 aromatic carbocycles. The number of nitrogen functional groups attached to an aromatic ring is 1. The molecule has 0 bridgehead atoms. The summed E-state index contributed by atoms with van der Waals surface area (Å²) in [6.07, 6.45) is -2.74. The monoisotopic (exact) mass is 741 g/mol. The van der Waals surface area contributed by atoms with Crippen LogP contribution in [0.2, 0.25) is 0 Å². The van der Waals surface area contributed by atoms with Crippen LogP contribution >= 0.6 is 7.67 Å². The number of hydrogen-bond donors (Lipinski definition) is 5. The number of esters is 2. The number of imidazole rings is 1. The Balaban J connectivity index is 1.46. The molecule has 4 aromatic rings. The average molecular weight is 742 g/mol. The second-order valence-electron chi connectivity index (χ2n) is 12.2. The van der Waals surface area contributed by atoms with E-state index in [9.17, 15) is 24.4 Å². The molecule has 6 atom stereocenters. The largest absolute Gasteiger partial charge is 0.479 e. The number of methoxy groups -OCH3 is 1. The maximum absolute atomic E-state index is 14.9. The van der Waals surface area contributed by atoms with Crippen LogP contribution in [0.4, 0.5) is 5.95 Å². The summed E-state index contributed by atoms with van der Waals surface area (Å²) < 4.78 is 44.3. The lowest BCUT2D eigenvalue weighted by Crippen LogP contribution is -2.47. The van der Waals surface area contributed by atoms with Gasteiger partial charge in [-0.3, -0.25) is 18.7 Å². The summed E-state index contributed by atoms with van der Waals surface area (Å²) in [5.41, 5.74) is 5.77. The molecule has 6 N–H and O–H groups in total. The van der Waals surface area contributed by atoms with Gasteiger partial charge >= 0.3 is 19.6 Å². The molecule has 0 spiro atoms. The highest BCUT2D eigenvalue weighted by Crippen LogP contribution is 2.44. The minimum Gasteiger partial charge on any atom is -0.479 e. The number of rotatable bonds is 17. The molecule has 1 aliphatic heterocycles. The zero-order chi connectivity index (χ0) is 37.5. The number of nitrogens with two attached hydrogens (primary N) is 1. The minimum atomic E-state index is -4.46.